The van der Waals surface area contributed by atoms with Crippen molar-refractivity contribution in [1.82, 2.24) is 9.97 Å². The van der Waals surface area contributed by atoms with Crippen molar-refractivity contribution in [3.05, 3.63) is 163 Å². The van der Waals surface area contributed by atoms with Gasteiger partial charge in [-0.1, -0.05) is 42.5 Å². The van der Waals surface area contributed by atoms with Crippen molar-refractivity contribution < 1.29 is 28.6 Å². The maximum atomic E-state index is 10.1. The van der Waals surface area contributed by atoms with Crippen LogP contribution in [0.4, 0.5) is 0 Å². The Balaban J connectivity index is 0.000000233. The SMILES string of the molecule is N#Cc1ccc2c(oc3c(-c4cc5[c](cn4)[Ge]4([CH2]CC[CH2]4)[CH2]CC5)[c-]ccc32)c1-c1ccc(-c2ccccc2)cc1.[2H]C([2H])([2H])c1ccc(-c2[c-]cccc2)nc1.[Ir]. The van der Waals surface area contributed by atoms with Crippen LogP contribution in [0, 0.1) is 30.3 Å². The van der Waals surface area contributed by atoms with Gasteiger partial charge >= 0.3 is 202 Å². The number of benzene rings is 5. The summed E-state index contributed by atoms with van der Waals surface area (Å²) >= 11 is -1.94. The first-order valence-corrected chi connectivity index (χ1v) is 24.2. The monoisotopic (exact) mass is 955 g/mol. The van der Waals surface area contributed by atoms with Gasteiger partial charge in [-0.15, -0.1) is 35.9 Å². The molecule has 55 heavy (non-hydrogen) atoms. The summed E-state index contributed by atoms with van der Waals surface area (Å²) in [5, 5.41) is 16.6. The predicted octanol–water partition coefficient (Wildman–Crippen LogP) is 11.9. The number of hydrogen-bond donors (Lipinski definition) is 0. The number of rotatable bonds is 4. The Morgan fingerprint density at radius 3 is 2.20 bits per heavy atom. The van der Waals surface area contributed by atoms with Crippen molar-refractivity contribution in [2.75, 3.05) is 0 Å². The zero-order valence-electron chi connectivity index (χ0n) is 33.2. The van der Waals surface area contributed by atoms with Gasteiger partial charge < -0.3 is 4.98 Å². The molecular formula is C49H39GeIrN3O-2. The zero-order valence-corrected chi connectivity index (χ0v) is 34.7. The Morgan fingerprint density at radius 2 is 1.45 bits per heavy atom. The molecule has 1 radical (unpaired) electrons. The quantitative estimate of drug-likeness (QED) is 0.130. The van der Waals surface area contributed by atoms with Crippen LogP contribution in [0.3, 0.4) is 0 Å². The minimum atomic E-state index is -2.09. The number of fused-ring (bicyclic) bond motifs is 5. The minimum Gasteiger partial charge on any atom is -0.304 e. The molecule has 0 aliphatic carbocycles. The van der Waals surface area contributed by atoms with E-state index in [1.54, 1.807) is 22.6 Å². The summed E-state index contributed by atoms with van der Waals surface area (Å²) in [6, 6.07) is 48.7. The molecule has 5 heterocycles. The van der Waals surface area contributed by atoms with Gasteiger partial charge in [0.1, 0.15) is 0 Å². The average molecular weight is 954 g/mol. The molecule has 1 saturated heterocycles. The standard InChI is InChI=1S/C37H29GeN2O.C12H10N.Ir/c39-23-29-17-18-31-30-11-6-12-32(34-22-28-10-7-21-38(19-4-5-20-38)33(28)24-40-34)36(30)41-37(31)35(29)27-15-13-26(14-16-27)25-8-2-1-3-9-25;1-10-7-8-12(13-9-10)11-5-3-2-4-6-11;/h1-3,6,8-9,11,13-18,22,24H,4-5,7,10,19-21H2;2-5,7-9H,1H3;/q2*-1;/i;1D3;. The summed E-state index contributed by atoms with van der Waals surface area (Å²) in [6.45, 7) is -2.09. The van der Waals surface area contributed by atoms with E-state index in [1.165, 1.54) is 52.3 Å². The Hall–Kier alpha value is -5.12. The van der Waals surface area contributed by atoms with E-state index in [-0.39, 0.29) is 25.7 Å². The van der Waals surface area contributed by atoms with E-state index in [2.05, 4.69) is 77.9 Å². The molecule has 3 aromatic heterocycles. The van der Waals surface area contributed by atoms with Gasteiger partial charge in [0.05, 0.1) is 0 Å². The molecule has 2 aliphatic rings. The van der Waals surface area contributed by atoms with Crippen LogP contribution in [0.15, 0.2) is 138 Å². The topological polar surface area (TPSA) is 62.7 Å². The molecule has 0 saturated carbocycles. The molecule has 271 valence electrons. The summed E-state index contributed by atoms with van der Waals surface area (Å²) in [5.41, 5.74) is 11.5. The van der Waals surface area contributed by atoms with E-state index >= 15 is 0 Å². The Labute approximate surface area is 343 Å². The Kier molecular flexibility index (Phi) is 9.63. The fraction of sp³-hybridized carbons (Fsp3) is 0.163. The number of aryl methyl sites for hydroxylation is 2. The largest absolute Gasteiger partial charge is 0.304 e. The van der Waals surface area contributed by atoms with Crippen LogP contribution in [-0.4, -0.2) is 23.2 Å². The van der Waals surface area contributed by atoms with Crippen molar-refractivity contribution in [1.29, 1.82) is 5.26 Å². The third kappa shape index (κ3) is 7.12. The van der Waals surface area contributed by atoms with Crippen LogP contribution < -0.4 is 4.40 Å². The van der Waals surface area contributed by atoms with Gasteiger partial charge in [-0.2, -0.15) is 0 Å². The van der Waals surface area contributed by atoms with E-state index in [0.29, 0.717) is 5.56 Å². The molecule has 1 fully saturated rings. The third-order valence-corrected chi connectivity index (χ3v) is 22.8. The molecule has 0 unspecified atom stereocenters. The van der Waals surface area contributed by atoms with Crippen LogP contribution >= 0.6 is 0 Å². The van der Waals surface area contributed by atoms with Crippen LogP contribution in [0.1, 0.15) is 40.1 Å². The zero-order chi connectivity index (χ0) is 39.0. The van der Waals surface area contributed by atoms with Gasteiger partial charge in [0.2, 0.25) is 0 Å². The number of furan rings is 1. The Bertz CT molecular complexity index is 2760. The minimum absolute atomic E-state index is 0. The summed E-state index contributed by atoms with van der Waals surface area (Å²) in [6.07, 6.45) is 8.94. The molecule has 0 atom stereocenters. The number of nitrogens with zero attached hydrogens (tertiary/aromatic N) is 3. The fourth-order valence-corrected chi connectivity index (χ4v) is 20.1. The van der Waals surface area contributed by atoms with Gasteiger partial charge in [0, 0.05) is 30.4 Å². The molecule has 0 amide bonds. The van der Waals surface area contributed by atoms with Gasteiger partial charge in [0.15, 0.2) is 0 Å². The second kappa shape index (κ2) is 15.9. The molecule has 0 bridgehead atoms. The first-order valence-electron chi connectivity index (χ1n) is 20.2. The van der Waals surface area contributed by atoms with Crippen molar-refractivity contribution >= 4 is 39.6 Å². The van der Waals surface area contributed by atoms with Crippen LogP contribution in [0.5, 0.6) is 0 Å². The molecular weight excluding hydrogens is 911 g/mol. The van der Waals surface area contributed by atoms with Crippen LogP contribution in [-0.2, 0) is 26.5 Å². The van der Waals surface area contributed by atoms with E-state index < -0.39 is 20.1 Å². The number of pyridine rings is 2. The molecule has 5 aromatic carbocycles. The number of aromatic nitrogens is 2. The Morgan fingerprint density at radius 1 is 0.709 bits per heavy atom. The third-order valence-electron chi connectivity index (χ3n) is 11.2. The second-order valence-corrected chi connectivity index (χ2v) is 24.0. The normalized spacial score (nSPS) is 15.1. The van der Waals surface area contributed by atoms with Gasteiger partial charge in [-0.25, -0.2) is 0 Å². The first-order chi connectivity index (χ1) is 27.8. The van der Waals surface area contributed by atoms with Crippen molar-refractivity contribution in [2.24, 2.45) is 0 Å². The molecule has 4 nitrogen and oxygen atoms in total. The smallest absolute Gasteiger partial charge is 0.0280 e. The summed E-state index contributed by atoms with van der Waals surface area (Å²) in [4.78, 5) is 9.18. The van der Waals surface area contributed by atoms with E-state index in [0.717, 1.165) is 67.6 Å². The average Bonchev–Trinajstić information content (AvgIpc) is 3.89. The van der Waals surface area contributed by atoms with Gasteiger partial charge in [-0.05, 0) is 29.2 Å². The molecule has 10 rings (SSSR count). The summed E-state index contributed by atoms with van der Waals surface area (Å²) in [7, 11) is 0. The maximum absolute atomic E-state index is 10.1. The summed E-state index contributed by atoms with van der Waals surface area (Å²) in [5.74, 6) is 0. The van der Waals surface area contributed by atoms with Gasteiger partial charge in [-0.3, -0.25) is 0 Å². The fourth-order valence-electron chi connectivity index (χ4n) is 8.58. The summed E-state index contributed by atoms with van der Waals surface area (Å²) < 4.78 is 30.1. The van der Waals surface area contributed by atoms with Crippen molar-refractivity contribution in [3.63, 3.8) is 0 Å². The van der Waals surface area contributed by atoms with E-state index in [1.807, 2.05) is 54.6 Å². The second-order valence-electron chi connectivity index (χ2n) is 14.4. The van der Waals surface area contributed by atoms with Crippen molar-refractivity contribution in [3.8, 4) is 50.8 Å². The molecule has 1 spiro atoms. The number of nitriles is 1. The van der Waals surface area contributed by atoms with Crippen LogP contribution in [0.25, 0.3) is 66.7 Å². The first kappa shape index (κ1) is 33.2. The number of hydrogen-bond acceptors (Lipinski definition) is 4. The van der Waals surface area contributed by atoms with E-state index in [4.69, 9.17) is 13.5 Å². The van der Waals surface area contributed by atoms with E-state index in [9.17, 15) is 5.26 Å². The molecule has 0 N–H and O–H groups in total. The molecule has 8 aromatic rings. The van der Waals surface area contributed by atoms with Crippen LogP contribution in [0.2, 0.25) is 15.8 Å². The van der Waals surface area contributed by atoms with Crippen molar-refractivity contribution in [2.45, 2.75) is 48.3 Å². The van der Waals surface area contributed by atoms with Gasteiger partial charge in [0.25, 0.3) is 0 Å². The molecule has 2 aliphatic heterocycles. The predicted molar refractivity (Wildman–Crippen MR) is 222 cm³/mol. The molecule has 6 heteroatoms. The maximum Gasteiger partial charge on any atom is 0.0280 e.